The molecule has 140 valence electrons. The van der Waals surface area contributed by atoms with E-state index in [2.05, 4.69) is 10.0 Å². The minimum absolute atomic E-state index is 0.0453. The number of carbonyl (C=O) groups excluding carboxylic acids is 1. The zero-order valence-electron chi connectivity index (χ0n) is 14.1. The largest absolute Gasteiger partial charge is 0.450 e. The summed E-state index contributed by atoms with van der Waals surface area (Å²) in [4.78, 5) is 11.6. The highest BCUT2D eigenvalue weighted by Crippen LogP contribution is 2.17. The first kappa shape index (κ1) is 19.7. The fourth-order valence-electron chi connectivity index (χ4n) is 2.60. The molecular weight excluding hydrogens is 368 g/mol. The molecule has 0 aromatic heterocycles. The number of ether oxygens (including phenoxy) is 1. The fourth-order valence-corrected chi connectivity index (χ4v) is 5.85. The second-order valence-electron chi connectivity index (χ2n) is 5.77. The van der Waals surface area contributed by atoms with Gasteiger partial charge in [-0.25, -0.2) is 26.4 Å². The van der Waals surface area contributed by atoms with Crippen molar-refractivity contribution in [1.29, 1.82) is 0 Å². The van der Waals surface area contributed by atoms with Crippen LogP contribution in [0.15, 0.2) is 29.2 Å². The quantitative estimate of drug-likeness (QED) is 0.727. The van der Waals surface area contributed by atoms with E-state index in [0.717, 1.165) is 12.0 Å². The van der Waals surface area contributed by atoms with Gasteiger partial charge in [0.15, 0.2) is 9.84 Å². The van der Waals surface area contributed by atoms with Crippen molar-refractivity contribution >= 4 is 26.0 Å². The number of alkyl carbamates (subject to hydrolysis) is 1. The van der Waals surface area contributed by atoms with E-state index in [-0.39, 0.29) is 23.0 Å². The van der Waals surface area contributed by atoms with E-state index in [1.807, 2.05) is 6.92 Å². The van der Waals surface area contributed by atoms with Crippen molar-refractivity contribution in [1.82, 2.24) is 10.0 Å². The Hall–Kier alpha value is -1.65. The van der Waals surface area contributed by atoms with Crippen LogP contribution in [0.4, 0.5) is 4.79 Å². The number of carbonyl (C=O) groups is 1. The molecule has 8 nitrogen and oxygen atoms in total. The zero-order valence-corrected chi connectivity index (χ0v) is 15.7. The number of nitrogens with one attached hydrogen (secondary N) is 2. The predicted molar refractivity (Wildman–Crippen MR) is 92.5 cm³/mol. The number of benzene rings is 1. The molecule has 0 saturated carbocycles. The molecule has 1 aliphatic heterocycles. The Morgan fingerprint density at radius 2 is 1.76 bits per heavy atom. The molecular formula is C15H22N2O6S2. The number of sulfonamides is 1. The van der Waals surface area contributed by atoms with Gasteiger partial charge < -0.3 is 10.1 Å². The highest BCUT2D eigenvalue weighted by Gasteiger charge is 2.41. The first-order valence-electron chi connectivity index (χ1n) is 7.92. The number of aryl methyl sites for hydroxylation is 1. The highest BCUT2D eigenvalue weighted by atomic mass is 32.2. The molecule has 1 heterocycles. The van der Waals surface area contributed by atoms with Crippen molar-refractivity contribution in [3.63, 3.8) is 0 Å². The number of rotatable bonds is 6. The molecule has 25 heavy (non-hydrogen) atoms. The normalized spacial score (nSPS) is 22.5. The summed E-state index contributed by atoms with van der Waals surface area (Å²) in [5.74, 6) is -0.718. The van der Waals surface area contributed by atoms with Gasteiger partial charge in [0.05, 0.1) is 35.1 Å². The summed E-state index contributed by atoms with van der Waals surface area (Å²) >= 11 is 0. The molecule has 0 radical (unpaired) electrons. The summed E-state index contributed by atoms with van der Waals surface area (Å²) in [7, 11) is -7.37. The number of sulfone groups is 1. The molecule has 1 fully saturated rings. The number of amides is 1. The molecule has 1 aromatic rings. The molecule has 10 heteroatoms. The topological polar surface area (TPSA) is 119 Å². The van der Waals surface area contributed by atoms with Crippen molar-refractivity contribution in [2.24, 2.45) is 0 Å². The third-order valence-corrected chi connectivity index (χ3v) is 7.12. The zero-order chi connectivity index (χ0) is 18.7. The lowest BCUT2D eigenvalue weighted by Gasteiger charge is -2.20. The molecule has 0 bridgehead atoms. The molecule has 2 rings (SSSR count). The van der Waals surface area contributed by atoms with Crippen LogP contribution in [-0.2, 0) is 31.0 Å². The van der Waals surface area contributed by atoms with Gasteiger partial charge in [0, 0.05) is 0 Å². The van der Waals surface area contributed by atoms with Crippen molar-refractivity contribution in [2.75, 3.05) is 18.1 Å². The molecule has 1 amide bonds. The van der Waals surface area contributed by atoms with Crippen molar-refractivity contribution in [3.8, 4) is 0 Å². The lowest BCUT2D eigenvalue weighted by Crippen LogP contribution is -2.50. The van der Waals surface area contributed by atoms with Gasteiger partial charge >= 0.3 is 6.09 Å². The van der Waals surface area contributed by atoms with E-state index in [1.54, 1.807) is 19.1 Å². The Kier molecular flexibility index (Phi) is 6.07. The third kappa shape index (κ3) is 5.16. The van der Waals surface area contributed by atoms with Crippen LogP contribution in [0.25, 0.3) is 0 Å². The van der Waals surface area contributed by atoms with E-state index in [0.29, 0.717) is 0 Å². The molecule has 1 aliphatic rings. The smallest absolute Gasteiger partial charge is 0.407 e. The fraction of sp³-hybridized carbons (Fsp3) is 0.533. The molecule has 0 unspecified atom stereocenters. The molecule has 2 atom stereocenters. The summed E-state index contributed by atoms with van der Waals surface area (Å²) in [5, 5.41) is 2.41. The van der Waals surface area contributed by atoms with Crippen molar-refractivity contribution in [3.05, 3.63) is 29.8 Å². The SMILES string of the molecule is CCOC(=O)N[C@H]1CS(=O)(=O)C[C@@H]1NS(=O)(=O)c1ccc(CC)cc1. The molecule has 0 spiro atoms. The maximum absolute atomic E-state index is 12.5. The maximum Gasteiger partial charge on any atom is 0.407 e. The van der Waals surface area contributed by atoms with Gasteiger partial charge in [0.25, 0.3) is 0 Å². The van der Waals surface area contributed by atoms with E-state index < -0.39 is 38.0 Å². The van der Waals surface area contributed by atoms with Crippen LogP contribution in [-0.4, -0.2) is 53.1 Å². The Bertz CT molecular complexity index is 818. The van der Waals surface area contributed by atoms with Gasteiger partial charge in [-0.1, -0.05) is 19.1 Å². The van der Waals surface area contributed by atoms with Gasteiger partial charge in [-0.2, -0.15) is 0 Å². The lowest BCUT2D eigenvalue weighted by molar-refractivity contribution is 0.148. The standard InChI is InChI=1S/C15H22N2O6S2/c1-3-11-5-7-12(8-6-11)25(21,22)17-14-10-24(19,20)9-13(14)16-15(18)23-4-2/h5-8,13-14,17H,3-4,9-10H2,1-2H3,(H,16,18)/t13-,14-/m0/s1. The van der Waals surface area contributed by atoms with Crippen LogP contribution in [0.3, 0.4) is 0 Å². The second kappa shape index (κ2) is 7.71. The van der Waals surface area contributed by atoms with Gasteiger partial charge in [-0.3, -0.25) is 0 Å². The van der Waals surface area contributed by atoms with Gasteiger partial charge in [0.1, 0.15) is 0 Å². The van der Waals surface area contributed by atoms with Crippen LogP contribution in [0, 0.1) is 0 Å². The average molecular weight is 390 g/mol. The van der Waals surface area contributed by atoms with E-state index >= 15 is 0 Å². The molecule has 1 saturated heterocycles. The van der Waals surface area contributed by atoms with Crippen LogP contribution in [0.2, 0.25) is 0 Å². The Labute approximate surface area is 147 Å². The Balaban J connectivity index is 2.17. The third-order valence-electron chi connectivity index (χ3n) is 3.88. The molecule has 2 N–H and O–H groups in total. The van der Waals surface area contributed by atoms with E-state index in [1.165, 1.54) is 12.1 Å². The van der Waals surface area contributed by atoms with Gasteiger partial charge in [0.2, 0.25) is 10.0 Å². The molecule has 0 aliphatic carbocycles. The van der Waals surface area contributed by atoms with Crippen molar-refractivity contribution < 1.29 is 26.4 Å². The van der Waals surface area contributed by atoms with E-state index in [9.17, 15) is 21.6 Å². The predicted octanol–water partition coefficient (Wildman–Crippen LogP) is 0.439. The first-order valence-corrected chi connectivity index (χ1v) is 11.2. The number of hydrogen-bond acceptors (Lipinski definition) is 6. The van der Waals surface area contributed by atoms with Crippen LogP contribution in [0.5, 0.6) is 0 Å². The van der Waals surface area contributed by atoms with E-state index in [4.69, 9.17) is 4.74 Å². The van der Waals surface area contributed by atoms with Crippen LogP contribution in [0.1, 0.15) is 19.4 Å². The molecule has 1 aromatic carbocycles. The van der Waals surface area contributed by atoms with Crippen LogP contribution < -0.4 is 10.0 Å². The summed E-state index contributed by atoms with van der Waals surface area (Å²) in [6, 6.07) is 4.51. The Morgan fingerprint density at radius 3 is 2.32 bits per heavy atom. The van der Waals surface area contributed by atoms with Crippen molar-refractivity contribution in [2.45, 2.75) is 37.2 Å². The monoisotopic (exact) mass is 390 g/mol. The van der Waals surface area contributed by atoms with Gasteiger partial charge in [-0.15, -0.1) is 0 Å². The highest BCUT2D eigenvalue weighted by molar-refractivity contribution is 7.92. The summed E-state index contributed by atoms with van der Waals surface area (Å²) in [6.45, 7) is 3.70. The number of hydrogen-bond donors (Lipinski definition) is 2. The summed E-state index contributed by atoms with van der Waals surface area (Å²) in [6.07, 6.45) is 0.00117. The minimum Gasteiger partial charge on any atom is -0.450 e. The van der Waals surface area contributed by atoms with Crippen LogP contribution >= 0.6 is 0 Å². The average Bonchev–Trinajstić information content (AvgIpc) is 2.80. The minimum atomic E-state index is -3.91. The van der Waals surface area contributed by atoms with Gasteiger partial charge in [-0.05, 0) is 31.0 Å². The second-order valence-corrected chi connectivity index (χ2v) is 9.64. The lowest BCUT2D eigenvalue weighted by atomic mass is 10.2. The Morgan fingerprint density at radius 1 is 1.16 bits per heavy atom. The summed E-state index contributed by atoms with van der Waals surface area (Å²) < 4.78 is 55.9. The first-order chi connectivity index (χ1) is 11.7. The maximum atomic E-state index is 12.5. The summed E-state index contributed by atoms with van der Waals surface area (Å²) in [5.41, 5.74) is 0.990.